The van der Waals surface area contributed by atoms with Gasteiger partial charge in [-0.25, -0.2) is 9.29 Å². The number of para-hydroxylation sites is 1. The number of benzene rings is 2. The largest absolute Gasteiger partial charge is 0.369 e. The zero-order valence-electron chi connectivity index (χ0n) is 15.7. The molecule has 1 atom stereocenters. The number of hydrogen-bond acceptors (Lipinski definition) is 5. The van der Waals surface area contributed by atoms with Gasteiger partial charge >= 0.3 is 0 Å². The van der Waals surface area contributed by atoms with E-state index in [0.717, 1.165) is 23.7 Å². The second-order valence-corrected chi connectivity index (χ2v) is 7.81. The summed E-state index contributed by atoms with van der Waals surface area (Å²) in [7, 11) is 0. The van der Waals surface area contributed by atoms with E-state index in [0.29, 0.717) is 18.8 Å². The molecule has 0 aliphatic carbocycles. The molecule has 4 rings (SSSR count). The predicted molar refractivity (Wildman–Crippen MR) is 109 cm³/mol. The molecule has 7 heteroatoms. The Balaban J connectivity index is 1.45. The summed E-state index contributed by atoms with van der Waals surface area (Å²) in [5.74, 6) is -0.526. The molecular formula is C21H22FN3O2S. The topological polar surface area (TPSA) is 43.9 Å². The second kappa shape index (κ2) is 7.93. The highest BCUT2D eigenvalue weighted by Crippen LogP contribution is 2.33. The van der Waals surface area contributed by atoms with Gasteiger partial charge in [-0.1, -0.05) is 12.1 Å². The highest BCUT2D eigenvalue weighted by atomic mass is 32.2. The van der Waals surface area contributed by atoms with Crippen molar-refractivity contribution in [1.82, 2.24) is 4.90 Å². The van der Waals surface area contributed by atoms with Crippen LogP contribution < -0.4 is 9.80 Å². The Morgan fingerprint density at radius 2 is 1.64 bits per heavy atom. The van der Waals surface area contributed by atoms with Crippen LogP contribution in [0.25, 0.3) is 0 Å². The van der Waals surface area contributed by atoms with Crippen molar-refractivity contribution in [2.24, 2.45) is 0 Å². The first-order chi connectivity index (χ1) is 13.6. The number of nitrogens with zero attached hydrogens (tertiary/aromatic N) is 3. The van der Waals surface area contributed by atoms with Gasteiger partial charge < -0.3 is 4.90 Å². The molecule has 5 nitrogen and oxygen atoms in total. The molecule has 0 spiro atoms. The maximum absolute atomic E-state index is 13.1. The van der Waals surface area contributed by atoms with Crippen molar-refractivity contribution in [3.8, 4) is 0 Å². The first-order valence-electron chi connectivity index (χ1n) is 9.33. The summed E-state index contributed by atoms with van der Waals surface area (Å²) in [6.07, 6.45) is 2.16. The van der Waals surface area contributed by atoms with E-state index in [-0.39, 0.29) is 24.1 Å². The smallest absolute Gasteiger partial charge is 0.251 e. The fourth-order valence-electron chi connectivity index (χ4n) is 3.91. The highest BCUT2D eigenvalue weighted by Gasteiger charge is 2.43. The van der Waals surface area contributed by atoms with Crippen molar-refractivity contribution in [2.75, 3.05) is 42.2 Å². The molecule has 2 saturated heterocycles. The average Bonchev–Trinajstić information content (AvgIpc) is 3.02. The number of anilines is 2. The normalized spacial score (nSPS) is 20.9. The van der Waals surface area contributed by atoms with E-state index in [4.69, 9.17) is 0 Å². The average molecular weight is 399 g/mol. The van der Waals surface area contributed by atoms with Gasteiger partial charge in [0, 0.05) is 36.8 Å². The summed E-state index contributed by atoms with van der Waals surface area (Å²) < 4.78 is 13.1. The van der Waals surface area contributed by atoms with Crippen LogP contribution >= 0.6 is 11.8 Å². The number of thioether (sulfide) groups is 1. The van der Waals surface area contributed by atoms with Crippen molar-refractivity contribution in [3.63, 3.8) is 0 Å². The SMILES string of the molecule is CSc1ccccc1N1C(=O)CC(N2CCN(c3ccc(F)cc3)CC2)C1=O. The highest BCUT2D eigenvalue weighted by molar-refractivity contribution is 7.98. The zero-order valence-corrected chi connectivity index (χ0v) is 16.5. The molecule has 0 aromatic heterocycles. The summed E-state index contributed by atoms with van der Waals surface area (Å²) in [5, 5.41) is 0. The summed E-state index contributed by atoms with van der Waals surface area (Å²) in [6.45, 7) is 2.87. The van der Waals surface area contributed by atoms with Gasteiger partial charge in [-0.15, -0.1) is 11.8 Å². The van der Waals surface area contributed by atoms with Crippen LogP contribution in [0.5, 0.6) is 0 Å². The summed E-state index contributed by atoms with van der Waals surface area (Å²) in [4.78, 5) is 32.3. The van der Waals surface area contributed by atoms with E-state index in [2.05, 4.69) is 9.80 Å². The van der Waals surface area contributed by atoms with E-state index in [1.165, 1.54) is 28.8 Å². The molecule has 2 aliphatic heterocycles. The lowest BCUT2D eigenvalue weighted by Crippen LogP contribution is -2.52. The van der Waals surface area contributed by atoms with E-state index in [1.807, 2.05) is 30.5 Å². The Morgan fingerprint density at radius 1 is 0.964 bits per heavy atom. The van der Waals surface area contributed by atoms with Crippen LogP contribution in [0.1, 0.15) is 6.42 Å². The Kier molecular flexibility index (Phi) is 5.37. The van der Waals surface area contributed by atoms with Crippen molar-refractivity contribution in [2.45, 2.75) is 17.4 Å². The number of halogens is 1. The van der Waals surface area contributed by atoms with Gasteiger partial charge in [-0.3, -0.25) is 14.5 Å². The van der Waals surface area contributed by atoms with Crippen LogP contribution in [-0.4, -0.2) is 55.2 Å². The summed E-state index contributed by atoms with van der Waals surface area (Å²) in [6, 6.07) is 13.6. The molecule has 0 saturated carbocycles. The molecule has 28 heavy (non-hydrogen) atoms. The van der Waals surface area contributed by atoms with Crippen LogP contribution in [-0.2, 0) is 9.59 Å². The van der Waals surface area contributed by atoms with Gasteiger partial charge in [0.1, 0.15) is 5.82 Å². The minimum absolute atomic E-state index is 0.137. The monoisotopic (exact) mass is 399 g/mol. The lowest BCUT2D eigenvalue weighted by atomic mass is 10.1. The Bertz CT molecular complexity index is 881. The molecular weight excluding hydrogens is 377 g/mol. The van der Waals surface area contributed by atoms with Crippen LogP contribution in [0.15, 0.2) is 53.4 Å². The van der Waals surface area contributed by atoms with Crippen LogP contribution in [0.2, 0.25) is 0 Å². The van der Waals surface area contributed by atoms with Crippen molar-refractivity contribution >= 4 is 35.0 Å². The lowest BCUT2D eigenvalue weighted by Gasteiger charge is -2.38. The van der Waals surface area contributed by atoms with E-state index < -0.39 is 6.04 Å². The number of imide groups is 1. The predicted octanol–water partition coefficient (Wildman–Crippen LogP) is 3.00. The van der Waals surface area contributed by atoms with Gasteiger partial charge in [0.15, 0.2) is 0 Å². The third-order valence-corrected chi connectivity index (χ3v) is 6.18. The molecule has 1 unspecified atom stereocenters. The quantitative estimate of drug-likeness (QED) is 0.584. The van der Waals surface area contributed by atoms with Gasteiger partial charge in [0.05, 0.1) is 18.2 Å². The lowest BCUT2D eigenvalue weighted by molar-refractivity contribution is -0.123. The molecule has 0 radical (unpaired) electrons. The van der Waals surface area contributed by atoms with Crippen molar-refractivity contribution < 1.29 is 14.0 Å². The molecule has 2 amide bonds. The number of carbonyl (C=O) groups is 2. The van der Waals surface area contributed by atoms with Crippen LogP contribution in [0.3, 0.4) is 0 Å². The molecule has 0 bridgehead atoms. The van der Waals surface area contributed by atoms with Crippen molar-refractivity contribution in [3.05, 3.63) is 54.3 Å². The van der Waals surface area contributed by atoms with Crippen molar-refractivity contribution in [1.29, 1.82) is 0 Å². The minimum Gasteiger partial charge on any atom is -0.369 e. The van der Waals surface area contributed by atoms with Gasteiger partial charge in [0.25, 0.3) is 5.91 Å². The number of amides is 2. The molecule has 146 valence electrons. The molecule has 2 aromatic carbocycles. The number of rotatable bonds is 4. The first-order valence-corrected chi connectivity index (χ1v) is 10.6. The van der Waals surface area contributed by atoms with E-state index in [9.17, 15) is 14.0 Å². The Hall–Kier alpha value is -2.38. The summed E-state index contributed by atoms with van der Waals surface area (Å²) >= 11 is 1.53. The molecule has 0 N–H and O–H groups in total. The Labute approximate surface area is 168 Å². The number of hydrogen-bond donors (Lipinski definition) is 0. The maximum atomic E-state index is 13.1. The fourth-order valence-corrected chi connectivity index (χ4v) is 4.50. The third-order valence-electron chi connectivity index (χ3n) is 5.40. The Morgan fingerprint density at radius 3 is 2.32 bits per heavy atom. The van der Waals surface area contributed by atoms with Crippen LogP contribution in [0.4, 0.5) is 15.8 Å². The molecule has 2 fully saturated rings. The fraction of sp³-hybridized carbons (Fsp3) is 0.333. The summed E-state index contributed by atoms with van der Waals surface area (Å²) in [5.41, 5.74) is 1.66. The number of carbonyl (C=O) groups excluding carboxylic acids is 2. The van der Waals surface area contributed by atoms with Gasteiger partial charge in [-0.2, -0.15) is 0 Å². The standard InChI is InChI=1S/C21H22FN3O2S/c1-28-19-5-3-2-4-17(19)25-20(26)14-18(21(25)27)24-12-10-23(11-13-24)16-8-6-15(22)7-9-16/h2-9,18H,10-14H2,1H3. The zero-order chi connectivity index (χ0) is 19.7. The molecule has 2 aromatic rings. The van der Waals surface area contributed by atoms with E-state index in [1.54, 1.807) is 12.1 Å². The molecule has 2 heterocycles. The van der Waals surface area contributed by atoms with Gasteiger partial charge in [0.2, 0.25) is 5.91 Å². The first kappa shape index (κ1) is 19.0. The third kappa shape index (κ3) is 3.52. The van der Waals surface area contributed by atoms with Gasteiger partial charge in [-0.05, 0) is 42.7 Å². The van der Waals surface area contributed by atoms with Crippen LogP contribution in [0, 0.1) is 5.82 Å². The minimum atomic E-state index is -0.405. The van der Waals surface area contributed by atoms with E-state index >= 15 is 0 Å². The second-order valence-electron chi connectivity index (χ2n) is 6.96. The molecule has 2 aliphatic rings. The maximum Gasteiger partial charge on any atom is 0.251 e. The number of piperazine rings is 1.